The van der Waals surface area contributed by atoms with E-state index in [2.05, 4.69) is 27.0 Å². The second kappa shape index (κ2) is 3.51. The molecule has 0 amide bonds. The Kier molecular flexibility index (Phi) is 2.30. The van der Waals surface area contributed by atoms with Crippen molar-refractivity contribution in [1.82, 2.24) is 0 Å². The minimum atomic E-state index is 0.314. The fourth-order valence-corrected chi connectivity index (χ4v) is 4.04. The van der Waals surface area contributed by atoms with E-state index in [1.807, 2.05) is 0 Å². The highest BCUT2D eigenvalue weighted by atomic mass is 16.5. The van der Waals surface area contributed by atoms with Gasteiger partial charge in [0.15, 0.2) is 0 Å². The highest BCUT2D eigenvalue weighted by molar-refractivity contribution is 5.39. The van der Waals surface area contributed by atoms with E-state index in [4.69, 9.17) is 4.74 Å². The molecule has 3 aliphatic rings. The number of rotatable bonds is 0. The maximum atomic E-state index is 5.93. The first-order valence-corrected chi connectivity index (χ1v) is 6.74. The Morgan fingerprint density at radius 3 is 2.88 bits per heavy atom. The molecule has 3 rings (SSSR count). The Morgan fingerprint density at radius 2 is 2.12 bits per heavy atom. The van der Waals surface area contributed by atoms with Gasteiger partial charge in [-0.05, 0) is 61.5 Å². The van der Waals surface area contributed by atoms with Crippen molar-refractivity contribution in [3.05, 3.63) is 35.6 Å². The first-order chi connectivity index (χ1) is 8.01. The molecule has 0 aromatic heterocycles. The largest absolute Gasteiger partial charge is 0.486 e. The van der Waals surface area contributed by atoms with Crippen LogP contribution in [0, 0.1) is 11.3 Å². The van der Waals surface area contributed by atoms with Crippen LogP contribution in [0.1, 0.15) is 46.0 Å². The van der Waals surface area contributed by atoms with Crippen molar-refractivity contribution in [2.75, 3.05) is 0 Å². The van der Waals surface area contributed by atoms with Crippen LogP contribution in [-0.2, 0) is 4.74 Å². The van der Waals surface area contributed by atoms with Crippen molar-refractivity contribution < 1.29 is 4.74 Å². The monoisotopic (exact) mass is 230 g/mol. The lowest BCUT2D eigenvalue weighted by Crippen LogP contribution is -2.41. The molecule has 0 radical (unpaired) electrons. The molecule has 0 spiro atoms. The summed E-state index contributed by atoms with van der Waals surface area (Å²) in [7, 11) is 0. The van der Waals surface area contributed by atoms with Crippen molar-refractivity contribution in [2.24, 2.45) is 11.3 Å². The molecule has 17 heavy (non-hydrogen) atoms. The lowest BCUT2D eigenvalue weighted by molar-refractivity contribution is 0.0393. The summed E-state index contributed by atoms with van der Waals surface area (Å²) < 4.78 is 5.93. The minimum absolute atomic E-state index is 0.314. The number of hydrogen-bond donors (Lipinski definition) is 0. The summed E-state index contributed by atoms with van der Waals surface area (Å²) in [5, 5.41) is 0. The van der Waals surface area contributed by atoms with Crippen LogP contribution >= 0.6 is 0 Å². The van der Waals surface area contributed by atoms with Crippen molar-refractivity contribution in [1.29, 1.82) is 0 Å². The van der Waals surface area contributed by atoms with Gasteiger partial charge in [0, 0.05) is 0 Å². The van der Waals surface area contributed by atoms with Crippen LogP contribution in [0.2, 0.25) is 0 Å². The third-order valence-electron chi connectivity index (χ3n) is 5.23. The summed E-state index contributed by atoms with van der Waals surface area (Å²) in [5.74, 6) is 1.57. The van der Waals surface area contributed by atoms with Gasteiger partial charge in [0.1, 0.15) is 11.9 Å². The van der Waals surface area contributed by atoms with Crippen molar-refractivity contribution >= 4 is 0 Å². The Bertz CT molecular complexity index is 429. The Morgan fingerprint density at radius 1 is 1.35 bits per heavy atom. The Hall–Kier alpha value is -0.980. The van der Waals surface area contributed by atoms with E-state index < -0.39 is 0 Å². The summed E-state index contributed by atoms with van der Waals surface area (Å²) in [6.45, 7) is 12.9. The molecule has 1 nitrogen and oxygen atoms in total. The highest BCUT2D eigenvalue weighted by Gasteiger charge is 2.48. The van der Waals surface area contributed by atoms with Crippen LogP contribution in [0.4, 0.5) is 0 Å². The van der Waals surface area contributed by atoms with Crippen LogP contribution in [0.5, 0.6) is 0 Å². The number of fused-ring (bicyclic) bond motifs is 2. The van der Waals surface area contributed by atoms with Gasteiger partial charge in [-0.3, -0.25) is 0 Å². The summed E-state index contributed by atoms with van der Waals surface area (Å²) in [6.07, 6.45) is 6.48. The minimum Gasteiger partial charge on any atom is -0.486 e. The summed E-state index contributed by atoms with van der Waals surface area (Å²) in [5.41, 5.74) is 4.68. The molecule has 1 aliphatic heterocycles. The van der Waals surface area contributed by atoms with E-state index in [0.717, 1.165) is 18.6 Å². The van der Waals surface area contributed by atoms with Crippen LogP contribution in [0.3, 0.4) is 0 Å². The normalized spacial score (nSPS) is 41.1. The number of allylic oxidation sites excluding steroid dienone is 2. The van der Waals surface area contributed by atoms with Gasteiger partial charge in [-0.15, -0.1) is 0 Å². The zero-order chi connectivity index (χ0) is 12.2. The number of hydrogen-bond acceptors (Lipinski definition) is 1. The van der Waals surface area contributed by atoms with E-state index in [1.54, 1.807) is 0 Å². The molecule has 2 saturated carbocycles. The smallest absolute Gasteiger partial charge is 0.121 e. The lowest BCUT2D eigenvalue weighted by Gasteiger charge is -2.48. The summed E-state index contributed by atoms with van der Waals surface area (Å²) in [4.78, 5) is 0. The molecular weight excluding hydrogens is 208 g/mol. The van der Waals surface area contributed by atoms with Gasteiger partial charge in [-0.25, -0.2) is 0 Å². The molecule has 1 heteroatoms. The van der Waals surface area contributed by atoms with E-state index in [9.17, 15) is 0 Å². The average molecular weight is 230 g/mol. The SMILES string of the molecule is C=C1OC2CC3(C)CCCC(=C)[C@@H]3CC2=C1C. The van der Waals surface area contributed by atoms with E-state index in [-0.39, 0.29) is 0 Å². The van der Waals surface area contributed by atoms with Crippen molar-refractivity contribution in [3.8, 4) is 0 Å². The molecular formula is C16H22O. The predicted molar refractivity (Wildman–Crippen MR) is 70.5 cm³/mol. The van der Waals surface area contributed by atoms with Gasteiger partial charge in [-0.2, -0.15) is 0 Å². The van der Waals surface area contributed by atoms with Gasteiger partial charge >= 0.3 is 0 Å². The molecule has 0 N–H and O–H groups in total. The maximum Gasteiger partial charge on any atom is 0.121 e. The molecule has 2 aliphatic carbocycles. The first-order valence-electron chi connectivity index (χ1n) is 6.74. The third-order valence-corrected chi connectivity index (χ3v) is 5.23. The quantitative estimate of drug-likeness (QED) is 0.561. The fourth-order valence-electron chi connectivity index (χ4n) is 4.04. The van der Waals surface area contributed by atoms with Gasteiger partial charge in [0.25, 0.3) is 0 Å². The standard InChI is InChI=1S/C16H22O/c1-10-6-5-7-16(4)9-15-13(8-14(10)16)11(2)12(3)17-15/h14-15H,1,3,5-9H2,2,4H3/t14-,15?,16?/m0/s1. The zero-order valence-electron chi connectivity index (χ0n) is 11.0. The zero-order valence-corrected chi connectivity index (χ0v) is 11.0. The molecule has 0 aromatic carbocycles. The molecule has 3 atom stereocenters. The summed E-state index contributed by atoms with van der Waals surface area (Å²) >= 11 is 0. The lowest BCUT2D eigenvalue weighted by atomic mass is 9.57. The van der Waals surface area contributed by atoms with Gasteiger partial charge in [0.05, 0.1) is 0 Å². The van der Waals surface area contributed by atoms with Gasteiger partial charge in [0.2, 0.25) is 0 Å². The molecule has 0 bridgehead atoms. The first kappa shape index (κ1) is 11.1. The molecule has 92 valence electrons. The second-order valence-electron chi connectivity index (χ2n) is 6.31. The molecule has 2 unspecified atom stereocenters. The van der Waals surface area contributed by atoms with Crippen LogP contribution in [0.25, 0.3) is 0 Å². The van der Waals surface area contributed by atoms with Crippen molar-refractivity contribution in [2.45, 2.75) is 52.1 Å². The molecule has 0 aromatic rings. The number of ether oxygens (including phenoxy) is 1. The van der Waals surface area contributed by atoms with Crippen LogP contribution in [0.15, 0.2) is 35.6 Å². The predicted octanol–water partition coefficient (Wildman–Crippen LogP) is 4.37. The maximum absolute atomic E-state index is 5.93. The van der Waals surface area contributed by atoms with Crippen LogP contribution < -0.4 is 0 Å². The van der Waals surface area contributed by atoms with Crippen LogP contribution in [-0.4, -0.2) is 6.10 Å². The summed E-state index contributed by atoms with van der Waals surface area (Å²) in [6, 6.07) is 0. The van der Waals surface area contributed by atoms with E-state index in [1.165, 1.54) is 36.0 Å². The Labute approximate surface area is 104 Å². The second-order valence-corrected chi connectivity index (χ2v) is 6.31. The fraction of sp³-hybridized carbons (Fsp3) is 0.625. The molecule has 1 heterocycles. The third kappa shape index (κ3) is 1.51. The molecule has 2 fully saturated rings. The molecule has 0 saturated heterocycles. The van der Waals surface area contributed by atoms with E-state index in [0.29, 0.717) is 17.4 Å². The average Bonchev–Trinajstić information content (AvgIpc) is 2.52. The van der Waals surface area contributed by atoms with Crippen molar-refractivity contribution in [3.63, 3.8) is 0 Å². The highest BCUT2D eigenvalue weighted by Crippen LogP contribution is 2.56. The van der Waals surface area contributed by atoms with Gasteiger partial charge in [-0.1, -0.05) is 25.7 Å². The topological polar surface area (TPSA) is 9.23 Å². The van der Waals surface area contributed by atoms with E-state index >= 15 is 0 Å². The van der Waals surface area contributed by atoms with Gasteiger partial charge < -0.3 is 4.74 Å². The Balaban J connectivity index is 1.97.